The summed E-state index contributed by atoms with van der Waals surface area (Å²) in [7, 11) is 1.40. The van der Waals surface area contributed by atoms with Gasteiger partial charge in [-0.1, -0.05) is 39.0 Å². The van der Waals surface area contributed by atoms with Crippen molar-refractivity contribution in [3.05, 3.63) is 0 Å². The van der Waals surface area contributed by atoms with E-state index in [0.717, 1.165) is 57.8 Å². The lowest BCUT2D eigenvalue weighted by atomic mass is 9.74. The lowest BCUT2D eigenvalue weighted by Crippen LogP contribution is -2.33. The molecule has 0 saturated carbocycles. The number of carbonyl (C=O) groups excluding carboxylic acids is 3. The van der Waals surface area contributed by atoms with Crippen molar-refractivity contribution in [3.8, 4) is 0 Å². The molecule has 0 aromatic heterocycles. The number of methoxy groups -OCH3 is 1. The molecule has 0 aliphatic rings. The fourth-order valence-corrected chi connectivity index (χ4v) is 3.46. The predicted molar refractivity (Wildman–Crippen MR) is 109 cm³/mol. The monoisotopic (exact) mass is 400 g/mol. The van der Waals surface area contributed by atoms with Crippen LogP contribution in [0.5, 0.6) is 0 Å². The first kappa shape index (κ1) is 26.4. The second kappa shape index (κ2) is 16.4. The average molecular weight is 401 g/mol. The molecule has 0 radical (unpaired) electrons. The maximum atomic E-state index is 12.8. The average Bonchev–Trinajstić information content (AvgIpc) is 2.68. The number of unbranched alkanes of at least 4 members (excludes halogenated alkanes) is 4. The minimum Gasteiger partial charge on any atom is -0.469 e. The molecule has 0 fully saturated rings. The van der Waals surface area contributed by atoms with Gasteiger partial charge in [-0.15, -0.1) is 0 Å². The fourth-order valence-electron chi connectivity index (χ4n) is 3.46. The third kappa shape index (κ3) is 11.3. The van der Waals surface area contributed by atoms with Gasteiger partial charge in [0.25, 0.3) is 0 Å². The molecular weight excluding hydrogens is 360 g/mol. The normalized spacial score (nSPS) is 12.9. The summed E-state index contributed by atoms with van der Waals surface area (Å²) in [5, 5.41) is 0. The van der Waals surface area contributed by atoms with E-state index >= 15 is 0 Å². The third-order valence-electron chi connectivity index (χ3n) is 5.07. The SMILES string of the molecule is CCCCC(CCCCCC(=O)OC)(CCCCC(=O)OCC)C(=O)OCC. The summed E-state index contributed by atoms with van der Waals surface area (Å²) < 4.78 is 15.1. The van der Waals surface area contributed by atoms with Gasteiger partial charge in [0, 0.05) is 12.8 Å². The Morgan fingerprint density at radius 1 is 0.679 bits per heavy atom. The molecule has 1 unspecified atom stereocenters. The Hall–Kier alpha value is -1.59. The fraction of sp³-hybridized carbons (Fsp3) is 0.864. The van der Waals surface area contributed by atoms with Crippen molar-refractivity contribution >= 4 is 17.9 Å². The van der Waals surface area contributed by atoms with Gasteiger partial charge in [-0.25, -0.2) is 0 Å². The van der Waals surface area contributed by atoms with Gasteiger partial charge in [0.1, 0.15) is 0 Å². The van der Waals surface area contributed by atoms with E-state index in [1.165, 1.54) is 7.11 Å². The van der Waals surface area contributed by atoms with Crippen molar-refractivity contribution in [1.82, 2.24) is 0 Å². The lowest BCUT2D eigenvalue weighted by molar-refractivity contribution is -0.157. The number of rotatable bonds is 17. The molecule has 6 nitrogen and oxygen atoms in total. The van der Waals surface area contributed by atoms with Crippen molar-refractivity contribution in [1.29, 1.82) is 0 Å². The zero-order valence-electron chi connectivity index (χ0n) is 18.3. The molecule has 0 spiro atoms. The molecule has 164 valence electrons. The van der Waals surface area contributed by atoms with E-state index in [4.69, 9.17) is 9.47 Å². The van der Waals surface area contributed by atoms with Crippen molar-refractivity contribution in [2.45, 2.75) is 97.8 Å². The standard InChI is InChI=1S/C22H40O6/c1-5-8-16-22(21(25)28-7-3,17-12-9-10-14-19(23)26-4)18-13-11-15-20(24)27-6-2/h5-18H2,1-4H3. The maximum Gasteiger partial charge on any atom is 0.312 e. The molecular formula is C22H40O6. The summed E-state index contributed by atoms with van der Waals surface area (Å²) in [6, 6.07) is 0. The van der Waals surface area contributed by atoms with Crippen LogP contribution in [0.4, 0.5) is 0 Å². The Morgan fingerprint density at radius 3 is 1.79 bits per heavy atom. The summed E-state index contributed by atoms with van der Waals surface area (Å²) in [5.74, 6) is -0.491. The van der Waals surface area contributed by atoms with Gasteiger partial charge in [-0.05, 0) is 46.0 Å². The minimum absolute atomic E-state index is 0.118. The van der Waals surface area contributed by atoms with Gasteiger partial charge in [0.15, 0.2) is 0 Å². The highest BCUT2D eigenvalue weighted by Gasteiger charge is 2.38. The van der Waals surface area contributed by atoms with Crippen LogP contribution in [0, 0.1) is 5.41 Å². The van der Waals surface area contributed by atoms with E-state index < -0.39 is 5.41 Å². The molecule has 0 aliphatic heterocycles. The van der Waals surface area contributed by atoms with E-state index in [-0.39, 0.29) is 17.9 Å². The van der Waals surface area contributed by atoms with Crippen LogP contribution in [-0.2, 0) is 28.6 Å². The highest BCUT2D eigenvalue weighted by Crippen LogP contribution is 2.38. The zero-order valence-corrected chi connectivity index (χ0v) is 18.3. The third-order valence-corrected chi connectivity index (χ3v) is 5.07. The Morgan fingerprint density at radius 2 is 1.21 bits per heavy atom. The first-order valence-electron chi connectivity index (χ1n) is 10.8. The van der Waals surface area contributed by atoms with Gasteiger partial charge >= 0.3 is 17.9 Å². The van der Waals surface area contributed by atoms with Crippen molar-refractivity contribution in [2.24, 2.45) is 5.41 Å². The first-order chi connectivity index (χ1) is 13.5. The molecule has 0 rings (SSSR count). The van der Waals surface area contributed by atoms with Gasteiger partial charge < -0.3 is 14.2 Å². The number of hydrogen-bond donors (Lipinski definition) is 0. The van der Waals surface area contributed by atoms with Crippen LogP contribution in [0.3, 0.4) is 0 Å². The zero-order chi connectivity index (χ0) is 21.3. The summed E-state index contributed by atoms with van der Waals surface area (Å²) in [6.07, 6.45) is 9.11. The Kier molecular flexibility index (Phi) is 15.4. The highest BCUT2D eigenvalue weighted by atomic mass is 16.5. The Balaban J connectivity index is 4.80. The van der Waals surface area contributed by atoms with Gasteiger partial charge in [-0.3, -0.25) is 14.4 Å². The van der Waals surface area contributed by atoms with E-state index in [1.807, 2.05) is 6.92 Å². The van der Waals surface area contributed by atoms with Crippen LogP contribution in [-0.4, -0.2) is 38.2 Å². The van der Waals surface area contributed by atoms with E-state index in [1.54, 1.807) is 6.92 Å². The molecule has 0 saturated heterocycles. The van der Waals surface area contributed by atoms with Gasteiger partial charge in [0.2, 0.25) is 0 Å². The van der Waals surface area contributed by atoms with Gasteiger partial charge in [0.05, 0.1) is 25.7 Å². The second-order valence-corrected chi connectivity index (χ2v) is 7.25. The van der Waals surface area contributed by atoms with Crippen LogP contribution in [0.1, 0.15) is 97.8 Å². The summed E-state index contributed by atoms with van der Waals surface area (Å²) in [4.78, 5) is 35.6. The second-order valence-electron chi connectivity index (χ2n) is 7.25. The number of ether oxygens (including phenoxy) is 3. The quantitative estimate of drug-likeness (QED) is 0.195. The number of hydrogen-bond acceptors (Lipinski definition) is 6. The number of carbonyl (C=O) groups is 3. The molecule has 0 heterocycles. The highest BCUT2D eigenvalue weighted by molar-refractivity contribution is 5.76. The topological polar surface area (TPSA) is 78.9 Å². The van der Waals surface area contributed by atoms with Gasteiger partial charge in [-0.2, -0.15) is 0 Å². The molecule has 28 heavy (non-hydrogen) atoms. The first-order valence-corrected chi connectivity index (χ1v) is 10.8. The summed E-state index contributed by atoms with van der Waals surface area (Å²) in [6.45, 7) is 6.52. The van der Waals surface area contributed by atoms with Crippen LogP contribution in [0.2, 0.25) is 0 Å². The van der Waals surface area contributed by atoms with E-state index in [9.17, 15) is 14.4 Å². The summed E-state index contributed by atoms with van der Waals surface area (Å²) >= 11 is 0. The van der Waals surface area contributed by atoms with E-state index in [2.05, 4.69) is 11.7 Å². The molecule has 0 aromatic rings. The smallest absolute Gasteiger partial charge is 0.312 e. The van der Waals surface area contributed by atoms with Crippen LogP contribution in [0.15, 0.2) is 0 Å². The molecule has 0 amide bonds. The predicted octanol–water partition coefficient (Wildman–Crippen LogP) is 4.97. The van der Waals surface area contributed by atoms with Crippen LogP contribution < -0.4 is 0 Å². The molecule has 0 bridgehead atoms. The Bertz CT molecular complexity index is 448. The molecule has 1 atom stereocenters. The largest absolute Gasteiger partial charge is 0.469 e. The lowest BCUT2D eigenvalue weighted by Gasteiger charge is -2.32. The van der Waals surface area contributed by atoms with Crippen molar-refractivity contribution in [3.63, 3.8) is 0 Å². The van der Waals surface area contributed by atoms with Crippen LogP contribution >= 0.6 is 0 Å². The van der Waals surface area contributed by atoms with E-state index in [0.29, 0.717) is 32.5 Å². The minimum atomic E-state index is -0.494. The molecule has 0 aliphatic carbocycles. The molecule has 0 aromatic carbocycles. The molecule has 6 heteroatoms. The molecule has 0 N–H and O–H groups in total. The maximum absolute atomic E-state index is 12.8. The van der Waals surface area contributed by atoms with Crippen molar-refractivity contribution in [2.75, 3.05) is 20.3 Å². The van der Waals surface area contributed by atoms with Crippen LogP contribution in [0.25, 0.3) is 0 Å². The number of esters is 3. The summed E-state index contributed by atoms with van der Waals surface area (Å²) in [5.41, 5.74) is -0.494. The van der Waals surface area contributed by atoms with Crippen molar-refractivity contribution < 1.29 is 28.6 Å². The Labute approximate surface area is 170 Å².